The predicted octanol–water partition coefficient (Wildman–Crippen LogP) is 4.59. The Kier molecular flexibility index (Phi) is 8.20. The fourth-order valence-corrected chi connectivity index (χ4v) is 3.99. The maximum absolute atomic E-state index is 13.1. The van der Waals surface area contributed by atoms with Crippen LogP contribution in [-0.2, 0) is 16.0 Å². The van der Waals surface area contributed by atoms with Gasteiger partial charge in [0.2, 0.25) is 17.8 Å². The molecule has 0 radical (unpaired) electrons. The zero-order valence-electron chi connectivity index (χ0n) is 21.2. The number of nitrogens with zero attached hydrogens (tertiary/aromatic N) is 3. The topological polar surface area (TPSA) is 85.7 Å². The van der Waals surface area contributed by atoms with Gasteiger partial charge < -0.3 is 14.4 Å². The largest absolute Gasteiger partial charge is 0.493 e. The van der Waals surface area contributed by atoms with Gasteiger partial charge in [0.25, 0.3) is 0 Å². The molecule has 8 nitrogen and oxygen atoms in total. The van der Waals surface area contributed by atoms with Crippen LogP contribution in [0.2, 0.25) is 0 Å². The molecule has 0 saturated carbocycles. The van der Waals surface area contributed by atoms with Gasteiger partial charge in [-0.25, -0.2) is 4.98 Å². The quantitative estimate of drug-likeness (QED) is 0.346. The van der Waals surface area contributed by atoms with E-state index >= 15 is 0 Å². The highest BCUT2D eigenvalue weighted by atomic mass is 16.5. The monoisotopic (exact) mass is 498 g/mol. The van der Waals surface area contributed by atoms with Crippen molar-refractivity contribution in [1.82, 2.24) is 14.5 Å². The highest BCUT2D eigenvalue weighted by molar-refractivity contribution is 5.94. The summed E-state index contributed by atoms with van der Waals surface area (Å²) in [7, 11) is 3.11. The van der Waals surface area contributed by atoms with Gasteiger partial charge in [-0.1, -0.05) is 54.6 Å². The first-order valence-electron chi connectivity index (χ1n) is 12.0. The first-order valence-corrected chi connectivity index (χ1v) is 12.0. The number of para-hydroxylation sites is 1. The number of methoxy groups -OCH3 is 2. The van der Waals surface area contributed by atoms with Crippen molar-refractivity contribution in [3.05, 3.63) is 90.6 Å². The summed E-state index contributed by atoms with van der Waals surface area (Å²) in [6.07, 6.45) is 2.03. The summed E-state index contributed by atoms with van der Waals surface area (Å²) < 4.78 is 12.4. The number of hydrogen-bond acceptors (Lipinski definition) is 5. The molecule has 0 unspecified atom stereocenters. The van der Waals surface area contributed by atoms with E-state index in [0.717, 1.165) is 22.5 Å². The molecule has 1 N–H and O–H groups in total. The summed E-state index contributed by atoms with van der Waals surface area (Å²) >= 11 is 0. The SMILES string of the molecule is CCN(CC(=O)Nc1nc(-c2ccccc2)cn1-c1ccccc1)C(=O)Cc1ccc(OC)c(OC)c1. The van der Waals surface area contributed by atoms with E-state index in [1.54, 1.807) is 26.4 Å². The molecule has 3 aromatic carbocycles. The summed E-state index contributed by atoms with van der Waals surface area (Å²) in [6.45, 7) is 2.14. The molecule has 0 aliphatic rings. The average molecular weight is 499 g/mol. The van der Waals surface area contributed by atoms with E-state index in [9.17, 15) is 9.59 Å². The molecule has 190 valence electrons. The smallest absolute Gasteiger partial charge is 0.246 e. The molecule has 0 fully saturated rings. The van der Waals surface area contributed by atoms with Gasteiger partial charge in [0.1, 0.15) is 0 Å². The molecule has 0 spiro atoms. The van der Waals surface area contributed by atoms with Crippen LogP contribution >= 0.6 is 0 Å². The van der Waals surface area contributed by atoms with Gasteiger partial charge in [0.05, 0.1) is 32.9 Å². The Morgan fingerprint density at radius 3 is 2.24 bits per heavy atom. The van der Waals surface area contributed by atoms with Crippen LogP contribution in [0.4, 0.5) is 5.95 Å². The van der Waals surface area contributed by atoms with E-state index in [1.807, 2.05) is 84.4 Å². The number of hydrogen-bond donors (Lipinski definition) is 1. The van der Waals surface area contributed by atoms with Gasteiger partial charge >= 0.3 is 0 Å². The molecule has 0 aliphatic carbocycles. The third-order valence-corrected chi connectivity index (χ3v) is 5.93. The van der Waals surface area contributed by atoms with Crippen LogP contribution in [0.15, 0.2) is 85.1 Å². The summed E-state index contributed by atoms with van der Waals surface area (Å²) in [4.78, 5) is 32.3. The Bertz CT molecular complexity index is 1350. The maximum Gasteiger partial charge on any atom is 0.246 e. The first kappa shape index (κ1) is 25.5. The number of rotatable bonds is 10. The van der Waals surface area contributed by atoms with Gasteiger partial charge in [0.15, 0.2) is 11.5 Å². The van der Waals surface area contributed by atoms with Crippen LogP contribution in [0.3, 0.4) is 0 Å². The number of carbonyl (C=O) groups is 2. The molecule has 2 amide bonds. The number of nitrogens with one attached hydrogen (secondary N) is 1. The number of anilines is 1. The minimum atomic E-state index is -0.329. The first-order chi connectivity index (χ1) is 18.0. The highest BCUT2D eigenvalue weighted by Gasteiger charge is 2.19. The van der Waals surface area contributed by atoms with Gasteiger partial charge in [-0.2, -0.15) is 0 Å². The van der Waals surface area contributed by atoms with Crippen LogP contribution in [0.5, 0.6) is 11.5 Å². The molecule has 0 bridgehead atoms. The number of imidazole rings is 1. The fourth-order valence-electron chi connectivity index (χ4n) is 3.99. The summed E-state index contributed by atoms with van der Waals surface area (Å²) in [5.41, 5.74) is 3.31. The van der Waals surface area contributed by atoms with E-state index in [2.05, 4.69) is 10.3 Å². The van der Waals surface area contributed by atoms with Crippen LogP contribution in [0, 0.1) is 0 Å². The molecule has 37 heavy (non-hydrogen) atoms. The number of ether oxygens (including phenoxy) is 2. The third kappa shape index (κ3) is 6.16. The lowest BCUT2D eigenvalue weighted by Crippen LogP contribution is -2.39. The zero-order chi connectivity index (χ0) is 26.2. The third-order valence-electron chi connectivity index (χ3n) is 5.93. The molecule has 0 aliphatic heterocycles. The maximum atomic E-state index is 13.1. The van der Waals surface area contributed by atoms with Crippen molar-refractivity contribution in [3.8, 4) is 28.4 Å². The molecule has 4 rings (SSSR count). The predicted molar refractivity (Wildman–Crippen MR) is 143 cm³/mol. The molecule has 1 heterocycles. The number of aromatic nitrogens is 2. The van der Waals surface area contributed by atoms with Gasteiger partial charge in [-0.3, -0.25) is 19.5 Å². The molecule has 0 atom stereocenters. The molecule has 0 saturated heterocycles. The highest BCUT2D eigenvalue weighted by Crippen LogP contribution is 2.28. The Morgan fingerprint density at radius 2 is 1.59 bits per heavy atom. The van der Waals surface area contributed by atoms with E-state index in [-0.39, 0.29) is 24.8 Å². The standard InChI is InChI=1S/C29H30N4O4/c1-4-32(28(35)18-21-15-16-25(36-2)26(17-21)37-3)20-27(34)31-29-30-24(22-11-7-5-8-12-22)19-33(29)23-13-9-6-10-14-23/h5-17,19H,4,18,20H2,1-3H3,(H,30,31,34). The van der Waals surface area contributed by atoms with Crippen molar-refractivity contribution < 1.29 is 19.1 Å². The second kappa shape index (κ2) is 11.9. The minimum absolute atomic E-state index is 0.0923. The van der Waals surface area contributed by atoms with Crippen molar-refractivity contribution in [2.45, 2.75) is 13.3 Å². The second-order valence-corrected chi connectivity index (χ2v) is 8.34. The fraction of sp³-hybridized carbons (Fsp3) is 0.207. The average Bonchev–Trinajstić information content (AvgIpc) is 3.36. The summed E-state index contributed by atoms with van der Waals surface area (Å²) in [5, 5.41) is 2.90. The number of carbonyl (C=O) groups excluding carboxylic acids is 2. The van der Waals surface area contributed by atoms with E-state index in [4.69, 9.17) is 9.47 Å². The van der Waals surface area contributed by atoms with Gasteiger partial charge in [-0.05, 0) is 36.8 Å². The number of likely N-dealkylation sites (N-methyl/N-ethyl adjacent to an activating group) is 1. The van der Waals surface area contributed by atoms with Crippen molar-refractivity contribution in [2.75, 3.05) is 32.6 Å². The molecular weight excluding hydrogens is 468 g/mol. The van der Waals surface area contributed by atoms with Crippen LogP contribution in [0.25, 0.3) is 16.9 Å². The summed E-state index contributed by atoms with van der Waals surface area (Å²) in [6, 6.07) is 24.8. The van der Waals surface area contributed by atoms with Gasteiger partial charge in [0, 0.05) is 24.0 Å². The Balaban J connectivity index is 1.50. The van der Waals surface area contributed by atoms with Crippen molar-refractivity contribution in [3.63, 3.8) is 0 Å². The lowest BCUT2D eigenvalue weighted by molar-refractivity contribution is -0.133. The van der Waals surface area contributed by atoms with Crippen molar-refractivity contribution >= 4 is 17.8 Å². The van der Waals surface area contributed by atoms with Gasteiger partial charge in [-0.15, -0.1) is 0 Å². The van der Waals surface area contributed by atoms with E-state index < -0.39 is 0 Å². The van der Waals surface area contributed by atoms with Crippen LogP contribution in [0.1, 0.15) is 12.5 Å². The Labute approximate surface area is 216 Å². The van der Waals surface area contributed by atoms with Crippen LogP contribution in [-0.4, -0.2) is 53.6 Å². The van der Waals surface area contributed by atoms with E-state index in [0.29, 0.717) is 24.0 Å². The number of benzene rings is 3. The molecular formula is C29H30N4O4. The Hall–Kier alpha value is -4.59. The molecule has 4 aromatic rings. The molecule has 1 aromatic heterocycles. The zero-order valence-corrected chi connectivity index (χ0v) is 21.2. The normalized spacial score (nSPS) is 10.6. The number of amides is 2. The minimum Gasteiger partial charge on any atom is -0.493 e. The lowest BCUT2D eigenvalue weighted by Gasteiger charge is -2.21. The second-order valence-electron chi connectivity index (χ2n) is 8.34. The summed E-state index contributed by atoms with van der Waals surface area (Å²) in [5.74, 6) is 1.04. The van der Waals surface area contributed by atoms with Crippen LogP contribution < -0.4 is 14.8 Å². The Morgan fingerprint density at radius 1 is 0.919 bits per heavy atom. The lowest BCUT2D eigenvalue weighted by atomic mass is 10.1. The van der Waals surface area contributed by atoms with Crippen molar-refractivity contribution in [1.29, 1.82) is 0 Å². The molecule has 8 heteroatoms. The van der Waals surface area contributed by atoms with E-state index in [1.165, 1.54) is 4.90 Å². The van der Waals surface area contributed by atoms with Crippen molar-refractivity contribution in [2.24, 2.45) is 0 Å².